The van der Waals surface area contributed by atoms with Gasteiger partial charge in [-0.1, -0.05) is 30.3 Å². The van der Waals surface area contributed by atoms with Crippen LogP contribution < -0.4 is 15.5 Å². The Hall–Kier alpha value is -2.44. The first-order valence-corrected chi connectivity index (χ1v) is 9.56. The third kappa shape index (κ3) is 5.28. The highest BCUT2D eigenvalue weighted by Gasteiger charge is 2.24. The van der Waals surface area contributed by atoms with Crippen molar-refractivity contribution in [3.63, 3.8) is 0 Å². The molecule has 0 radical (unpaired) electrons. The molecule has 3 rings (SSSR count). The van der Waals surface area contributed by atoms with Crippen LogP contribution in [-0.2, 0) is 0 Å². The number of aromatic nitrogens is 1. The maximum absolute atomic E-state index is 12.7. The molecular weight excluding hydrogens is 338 g/mol. The van der Waals surface area contributed by atoms with Gasteiger partial charge in [0.05, 0.1) is 5.56 Å². The van der Waals surface area contributed by atoms with Crippen LogP contribution >= 0.6 is 0 Å². The number of carbonyl (C=O) groups is 1. The molecule has 0 unspecified atom stereocenters. The van der Waals surface area contributed by atoms with Crippen molar-refractivity contribution in [2.75, 3.05) is 51.7 Å². The van der Waals surface area contributed by atoms with Crippen LogP contribution in [0, 0.1) is 0 Å². The van der Waals surface area contributed by atoms with Crippen molar-refractivity contribution < 1.29 is 4.79 Å². The predicted molar refractivity (Wildman–Crippen MR) is 109 cm³/mol. The van der Waals surface area contributed by atoms with E-state index in [2.05, 4.69) is 49.7 Å². The molecule has 2 heterocycles. The molecule has 1 aliphatic heterocycles. The Labute approximate surface area is 161 Å². The number of nitrogens with one attached hydrogen (secondary N) is 2. The van der Waals surface area contributed by atoms with Crippen LogP contribution in [0.5, 0.6) is 0 Å². The smallest absolute Gasteiger partial charge is 0.255 e. The van der Waals surface area contributed by atoms with Gasteiger partial charge >= 0.3 is 0 Å². The number of rotatable bonds is 7. The van der Waals surface area contributed by atoms with Crippen LogP contribution in [0.25, 0.3) is 0 Å². The van der Waals surface area contributed by atoms with Crippen molar-refractivity contribution >= 4 is 11.7 Å². The van der Waals surface area contributed by atoms with Gasteiger partial charge in [-0.25, -0.2) is 4.98 Å². The van der Waals surface area contributed by atoms with Gasteiger partial charge in [-0.2, -0.15) is 0 Å². The third-order valence-corrected chi connectivity index (χ3v) is 4.78. The van der Waals surface area contributed by atoms with Crippen LogP contribution in [0.2, 0.25) is 0 Å². The fourth-order valence-electron chi connectivity index (χ4n) is 3.37. The molecule has 0 spiro atoms. The molecular formula is C21H29N5O. The van der Waals surface area contributed by atoms with E-state index >= 15 is 0 Å². The average molecular weight is 367 g/mol. The summed E-state index contributed by atoms with van der Waals surface area (Å²) in [6.45, 7) is 4.11. The van der Waals surface area contributed by atoms with E-state index in [1.165, 1.54) is 5.56 Å². The molecule has 0 bridgehead atoms. The van der Waals surface area contributed by atoms with Gasteiger partial charge in [-0.05, 0) is 44.8 Å². The number of hydrogen-bond donors (Lipinski definition) is 2. The Morgan fingerprint density at radius 2 is 2.07 bits per heavy atom. The van der Waals surface area contributed by atoms with Crippen LogP contribution in [0.4, 0.5) is 5.82 Å². The second kappa shape index (κ2) is 9.48. The van der Waals surface area contributed by atoms with Crippen molar-refractivity contribution in [1.82, 2.24) is 20.5 Å². The number of carbonyl (C=O) groups excluding carboxylic acids is 1. The summed E-state index contributed by atoms with van der Waals surface area (Å²) in [5, 5.41) is 6.59. The molecule has 1 aromatic heterocycles. The molecule has 144 valence electrons. The standard InChI is InChI=1S/C21H29N5O/c1-25(2)14-7-12-24-21(27)18-10-6-11-23-20(18)26-15-13-22-19(16-26)17-8-4-3-5-9-17/h3-6,8-11,19,22H,7,12-16H2,1-2H3,(H,24,27)/t19-/m0/s1. The SMILES string of the molecule is CN(C)CCCNC(=O)c1cccnc1N1CCN[C@H](c2ccccc2)C1. The van der Waals surface area contributed by atoms with Gasteiger partial charge in [-0.3, -0.25) is 4.79 Å². The van der Waals surface area contributed by atoms with E-state index in [1.807, 2.05) is 32.3 Å². The van der Waals surface area contributed by atoms with Gasteiger partial charge < -0.3 is 20.4 Å². The topological polar surface area (TPSA) is 60.5 Å². The molecule has 1 aromatic carbocycles. The van der Waals surface area contributed by atoms with Crippen molar-refractivity contribution in [2.45, 2.75) is 12.5 Å². The zero-order valence-corrected chi connectivity index (χ0v) is 16.2. The molecule has 2 N–H and O–H groups in total. The van der Waals surface area contributed by atoms with Crippen LogP contribution in [0.1, 0.15) is 28.4 Å². The van der Waals surface area contributed by atoms with Crippen LogP contribution in [0.15, 0.2) is 48.7 Å². The van der Waals surface area contributed by atoms with E-state index in [0.29, 0.717) is 12.1 Å². The summed E-state index contributed by atoms with van der Waals surface area (Å²) in [5.41, 5.74) is 1.91. The normalized spacial score (nSPS) is 17.1. The number of hydrogen-bond acceptors (Lipinski definition) is 5. The summed E-state index contributed by atoms with van der Waals surface area (Å²) in [4.78, 5) is 21.6. The van der Waals surface area contributed by atoms with Crippen molar-refractivity contribution in [3.05, 3.63) is 59.8 Å². The lowest BCUT2D eigenvalue weighted by Gasteiger charge is -2.35. The Morgan fingerprint density at radius 1 is 1.26 bits per heavy atom. The highest BCUT2D eigenvalue weighted by Crippen LogP contribution is 2.23. The molecule has 1 aliphatic rings. The van der Waals surface area contributed by atoms with Crippen molar-refractivity contribution in [2.24, 2.45) is 0 Å². The summed E-state index contributed by atoms with van der Waals surface area (Å²) in [6.07, 6.45) is 2.69. The first-order valence-electron chi connectivity index (χ1n) is 9.56. The largest absolute Gasteiger partial charge is 0.353 e. The first-order chi connectivity index (χ1) is 13.1. The monoisotopic (exact) mass is 367 g/mol. The number of nitrogens with zero attached hydrogens (tertiary/aromatic N) is 3. The van der Waals surface area contributed by atoms with Gasteiger partial charge in [0.15, 0.2) is 0 Å². The number of benzene rings is 1. The lowest BCUT2D eigenvalue weighted by Crippen LogP contribution is -2.47. The molecule has 27 heavy (non-hydrogen) atoms. The molecule has 2 aromatic rings. The predicted octanol–water partition coefficient (Wildman–Crippen LogP) is 1.91. The third-order valence-electron chi connectivity index (χ3n) is 4.78. The fraction of sp³-hybridized carbons (Fsp3) is 0.429. The van der Waals surface area contributed by atoms with Crippen LogP contribution in [0.3, 0.4) is 0 Å². The molecule has 0 aliphatic carbocycles. The number of anilines is 1. The molecule has 1 atom stereocenters. The van der Waals surface area contributed by atoms with E-state index in [-0.39, 0.29) is 11.9 Å². The minimum Gasteiger partial charge on any atom is -0.353 e. The summed E-state index contributed by atoms with van der Waals surface area (Å²) in [7, 11) is 4.07. The minimum absolute atomic E-state index is 0.0494. The summed E-state index contributed by atoms with van der Waals surface area (Å²) < 4.78 is 0. The molecule has 1 saturated heterocycles. The molecule has 6 nitrogen and oxygen atoms in total. The van der Waals surface area contributed by atoms with E-state index < -0.39 is 0 Å². The average Bonchev–Trinajstić information content (AvgIpc) is 2.71. The minimum atomic E-state index is -0.0494. The van der Waals surface area contributed by atoms with Gasteiger partial charge in [0, 0.05) is 38.4 Å². The lowest BCUT2D eigenvalue weighted by molar-refractivity contribution is 0.0952. The summed E-state index contributed by atoms with van der Waals surface area (Å²) in [6, 6.07) is 14.3. The Morgan fingerprint density at radius 3 is 2.85 bits per heavy atom. The van der Waals surface area contributed by atoms with Crippen molar-refractivity contribution in [3.8, 4) is 0 Å². The van der Waals surface area contributed by atoms with Crippen molar-refractivity contribution in [1.29, 1.82) is 0 Å². The molecule has 1 fully saturated rings. The second-order valence-electron chi connectivity index (χ2n) is 7.15. The summed E-state index contributed by atoms with van der Waals surface area (Å²) >= 11 is 0. The van der Waals surface area contributed by atoms with Gasteiger partial charge in [0.2, 0.25) is 0 Å². The quantitative estimate of drug-likeness (QED) is 0.732. The molecule has 6 heteroatoms. The van der Waals surface area contributed by atoms with E-state index in [9.17, 15) is 4.79 Å². The Balaban J connectivity index is 1.68. The highest BCUT2D eigenvalue weighted by molar-refractivity contribution is 5.98. The second-order valence-corrected chi connectivity index (χ2v) is 7.15. The van der Waals surface area contributed by atoms with Gasteiger partial charge in [-0.15, -0.1) is 0 Å². The highest BCUT2D eigenvalue weighted by atomic mass is 16.1. The number of amides is 1. The lowest BCUT2D eigenvalue weighted by atomic mass is 10.0. The number of pyridine rings is 1. The zero-order chi connectivity index (χ0) is 19.1. The van der Waals surface area contributed by atoms with Gasteiger partial charge in [0.25, 0.3) is 5.91 Å². The van der Waals surface area contributed by atoms with E-state index in [1.54, 1.807) is 6.20 Å². The van der Waals surface area contributed by atoms with Crippen LogP contribution in [-0.4, -0.2) is 62.6 Å². The Kier molecular flexibility index (Phi) is 6.79. The maximum atomic E-state index is 12.7. The molecule has 0 saturated carbocycles. The first kappa shape index (κ1) is 19.3. The van der Waals surface area contributed by atoms with E-state index in [4.69, 9.17) is 0 Å². The fourth-order valence-corrected chi connectivity index (χ4v) is 3.37. The Bertz CT molecular complexity index is 734. The molecule has 1 amide bonds. The van der Waals surface area contributed by atoms with E-state index in [0.717, 1.165) is 38.4 Å². The summed E-state index contributed by atoms with van der Waals surface area (Å²) in [5.74, 6) is 0.719. The maximum Gasteiger partial charge on any atom is 0.255 e. The number of piperazine rings is 1. The van der Waals surface area contributed by atoms with Gasteiger partial charge in [0.1, 0.15) is 5.82 Å². The zero-order valence-electron chi connectivity index (χ0n) is 16.2.